The molecule has 0 saturated carbocycles. The highest BCUT2D eigenvalue weighted by atomic mass is 35.5. The Bertz CT molecular complexity index is 318. The summed E-state index contributed by atoms with van der Waals surface area (Å²) in [4.78, 5) is 0. The normalized spacial score (nSPS) is 13.1. The van der Waals surface area contributed by atoms with Gasteiger partial charge in [-0.05, 0) is 31.4 Å². The minimum absolute atomic E-state index is 0.232. The zero-order chi connectivity index (χ0) is 12.1. The quantitative estimate of drug-likeness (QED) is 0.795. The number of nitrogen functional groups attached to an aromatic ring is 1. The smallest absolute Gasteiger partial charge is 0.0755 e. The van der Waals surface area contributed by atoms with Gasteiger partial charge < -0.3 is 10.5 Å². The monoisotopic (exact) mass is 241 g/mol. The molecule has 0 heterocycles. The molecule has 3 heteroatoms. The molecule has 2 N–H and O–H groups in total. The topological polar surface area (TPSA) is 35.2 Å². The molecule has 0 aliphatic rings. The van der Waals surface area contributed by atoms with Gasteiger partial charge in [-0.15, -0.1) is 0 Å². The first kappa shape index (κ1) is 13.3. The molecule has 2 nitrogen and oxygen atoms in total. The zero-order valence-electron chi connectivity index (χ0n) is 10.2. The molecule has 0 bridgehead atoms. The van der Waals surface area contributed by atoms with E-state index >= 15 is 0 Å². The van der Waals surface area contributed by atoms with Gasteiger partial charge in [-0.3, -0.25) is 0 Å². The molecule has 0 saturated heterocycles. The van der Waals surface area contributed by atoms with E-state index in [2.05, 4.69) is 20.8 Å². The number of hydrogen-bond acceptors (Lipinski definition) is 2. The van der Waals surface area contributed by atoms with Gasteiger partial charge in [0.25, 0.3) is 0 Å². The van der Waals surface area contributed by atoms with Crippen LogP contribution in [0.15, 0.2) is 18.2 Å². The lowest BCUT2D eigenvalue weighted by atomic mass is 10.1. The van der Waals surface area contributed by atoms with E-state index in [1.165, 1.54) is 0 Å². The van der Waals surface area contributed by atoms with Crippen molar-refractivity contribution in [2.75, 3.05) is 5.73 Å². The summed E-state index contributed by atoms with van der Waals surface area (Å²) in [5.41, 5.74) is 7.43. The number of benzene rings is 1. The van der Waals surface area contributed by atoms with Crippen LogP contribution in [0.5, 0.6) is 0 Å². The average Bonchev–Trinajstić information content (AvgIpc) is 2.15. The third-order valence-electron chi connectivity index (χ3n) is 2.47. The maximum Gasteiger partial charge on any atom is 0.0755 e. The maximum atomic E-state index is 6.06. The molecule has 1 aromatic rings. The number of halogens is 1. The van der Waals surface area contributed by atoms with Crippen molar-refractivity contribution in [1.82, 2.24) is 0 Å². The number of ether oxygens (including phenoxy) is 1. The third-order valence-corrected chi connectivity index (χ3v) is 2.82. The lowest BCUT2D eigenvalue weighted by Gasteiger charge is -2.16. The Morgan fingerprint density at radius 2 is 2.00 bits per heavy atom. The van der Waals surface area contributed by atoms with Gasteiger partial charge in [0.05, 0.1) is 12.7 Å². The van der Waals surface area contributed by atoms with Crippen LogP contribution in [-0.2, 0) is 11.3 Å². The number of nitrogens with two attached hydrogens (primary N) is 1. The van der Waals surface area contributed by atoms with E-state index in [1.807, 2.05) is 18.2 Å². The Balaban J connectivity index is 2.54. The molecule has 0 amide bonds. The highest BCUT2D eigenvalue weighted by molar-refractivity contribution is 6.31. The van der Waals surface area contributed by atoms with Crippen molar-refractivity contribution in [2.24, 2.45) is 5.92 Å². The summed E-state index contributed by atoms with van der Waals surface area (Å²) in [5, 5.41) is 0.678. The molecule has 1 rings (SSSR count). The third kappa shape index (κ3) is 4.03. The molecule has 16 heavy (non-hydrogen) atoms. The van der Waals surface area contributed by atoms with E-state index in [0.29, 0.717) is 23.2 Å². The van der Waals surface area contributed by atoms with Gasteiger partial charge in [0.2, 0.25) is 0 Å². The first-order valence-electron chi connectivity index (χ1n) is 5.65. The summed E-state index contributed by atoms with van der Waals surface area (Å²) >= 11 is 6.06. The van der Waals surface area contributed by atoms with Crippen molar-refractivity contribution >= 4 is 17.3 Å². The van der Waals surface area contributed by atoms with E-state index in [0.717, 1.165) is 12.0 Å². The average molecular weight is 242 g/mol. The van der Waals surface area contributed by atoms with Crippen LogP contribution in [0, 0.1) is 5.92 Å². The molecule has 1 aromatic carbocycles. The lowest BCUT2D eigenvalue weighted by molar-refractivity contribution is 0.0401. The van der Waals surface area contributed by atoms with Crippen LogP contribution >= 0.6 is 11.6 Å². The molecule has 0 aromatic heterocycles. The number of rotatable bonds is 5. The van der Waals surface area contributed by atoms with Gasteiger partial charge in [0.15, 0.2) is 0 Å². The molecule has 90 valence electrons. The fourth-order valence-electron chi connectivity index (χ4n) is 1.69. The Hall–Kier alpha value is -0.730. The van der Waals surface area contributed by atoms with Crippen molar-refractivity contribution in [3.05, 3.63) is 28.8 Å². The van der Waals surface area contributed by atoms with Crippen molar-refractivity contribution in [2.45, 2.75) is 39.9 Å². The zero-order valence-corrected chi connectivity index (χ0v) is 10.9. The highest BCUT2D eigenvalue weighted by Gasteiger charge is 2.09. The second-order valence-electron chi connectivity index (χ2n) is 4.56. The van der Waals surface area contributed by atoms with Gasteiger partial charge in [0, 0.05) is 16.3 Å². The lowest BCUT2D eigenvalue weighted by Crippen LogP contribution is -2.12. The number of anilines is 1. The predicted molar refractivity (Wildman–Crippen MR) is 69.6 cm³/mol. The molecule has 0 fully saturated rings. The van der Waals surface area contributed by atoms with Gasteiger partial charge in [0.1, 0.15) is 0 Å². The molecular formula is C13H20ClNO. The van der Waals surface area contributed by atoms with Crippen molar-refractivity contribution < 1.29 is 4.74 Å². The highest BCUT2D eigenvalue weighted by Crippen LogP contribution is 2.23. The van der Waals surface area contributed by atoms with E-state index < -0.39 is 0 Å². The minimum atomic E-state index is 0.232. The molecular weight excluding hydrogens is 222 g/mol. The summed E-state index contributed by atoms with van der Waals surface area (Å²) in [5.74, 6) is 0.638. The van der Waals surface area contributed by atoms with Crippen LogP contribution in [0.4, 0.5) is 5.69 Å². The Morgan fingerprint density at radius 1 is 1.31 bits per heavy atom. The summed E-state index contributed by atoms with van der Waals surface area (Å²) in [6, 6.07) is 5.53. The van der Waals surface area contributed by atoms with Crippen LogP contribution < -0.4 is 5.73 Å². The second-order valence-corrected chi connectivity index (χ2v) is 4.97. The molecule has 0 spiro atoms. The summed E-state index contributed by atoms with van der Waals surface area (Å²) in [6.07, 6.45) is 1.28. The van der Waals surface area contributed by atoms with Crippen LogP contribution in [-0.4, -0.2) is 6.10 Å². The minimum Gasteiger partial charge on any atom is -0.398 e. The molecule has 0 aliphatic heterocycles. The maximum absolute atomic E-state index is 6.06. The van der Waals surface area contributed by atoms with E-state index in [-0.39, 0.29) is 6.10 Å². The van der Waals surface area contributed by atoms with Crippen LogP contribution in [0.2, 0.25) is 5.02 Å². The van der Waals surface area contributed by atoms with Crippen LogP contribution in [0.1, 0.15) is 32.8 Å². The molecule has 0 radical (unpaired) electrons. The van der Waals surface area contributed by atoms with Gasteiger partial charge in [-0.2, -0.15) is 0 Å². The SMILES string of the molecule is CC(C)CC(C)OCc1c(N)cccc1Cl. The van der Waals surface area contributed by atoms with E-state index in [1.54, 1.807) is 0 Å². The summed E-state index contributed by atoms with van der Waals surface area (Å²) < 4.78 is 5.74. The van der Waals surface area contributed by atoms with Crippen molar-refractivity contribution in [3.8, 4) is 0 Å². The van der Waals surface area contributed by atoms with Gasteiger partial charge in [-0.25, -0.2) is 0 Å². The van der Waals surface area contributed by atoms with Crippen LogP contribution in [0.3, 0.4) is 0 Å². The first-order valence-corrected chi connectivity index (χ1v) is 6.03. The van der Waals surface area contributed by atoms with Gasteiger partial charge >= 0.3 is 0 Å². The fraction of sp³-hybridized carbons (Fsp3) is 0.538. The number of hydrogen-bond donors (Lipinski definition) is 1. The molecule has 1 unspecified atom stereocenters. The van der Waals surface area contributed by atoms with Crippen LogP contribution in [0.25, 0.3) is 0 Å². The summed E-state index contributed by atoms with van der Waals surface area (Å²) in [6.45, 7) is 6.93. The van der Waals surface area contributed by atoms with E-state index in [9.17, 15) is 0 Å². The Kier molecular flexibility index (Phi) is 5.10. The van der Waals surface area contributed by atoms with Gasteiger partial charge in [-0.1, -0.05) is 31.5 Å². The van der Waals surface area contributed by atoms with E-state index in [4.69, 9.17) is 22.1 Å². The van der Waals surface area contributed by atoms with Crippen molar-refractivity contribution in [1.29, 1.82) is 0 Å². The summed E-state index contributed by atoms with van der Waals surface area (Å²) in [7, 11) is 0. The first-order chi connectivity index (χ1) is 7.50. The predicted octanol–water partition coefficient (Wildman–Crippen LogP) is 3.87. The Labute approximate surface area is 103 Å². The second kappa shape index (κ2) is 6.12. The Morgan fingerprint density at radius 3 is 2.56 bits per heavy atom. The molecule has 0 aliphatic carbocycles. The fourth-order valence-corrected chi connectivity index (χ4v) is 1.92. The van der Waals surface area contributed by atoms with Crippen molar-refractivity contribution in [3.63, 3.8) is 0 Å². The largest absolute Gasteiger partial charge is 0.398 e. The standard InChI is InChI=1S/C13H20ClNO/c1-9(2)7-10(3)16-8-11-12(14)5-4-6-13(11)15/h4-6,9-10H,7-8,15H2,1-3H3. The molecule has 1 atom stereocenters.